The first-order valence-electron chi connectivity index (χ1n) is 9.54. The van der Waals surface area contributed by atoms with Crippen molar-refractivity contribution in [2.24, 2.45) is 0 Å². The monoisotopic (exact) mass is 479 g/mol. The summed E-state index contributed by atoms with van der Waals surface area (Å²) in [6.45, 7) is -0.256. The van der Waals surface area contributed by atoms with E-state index in [0.29, 0.717) is 33.7 Å². The number of carbonyl (C=O) groups excluding carboxylic acids is 1. The predicted octanol–water partition coefficient (Wildman–Crippen LogP) is 4.23. The molecular formula is C21H19Cl2N3O4S. The van der Waals surface area contributed by atoms with Gasteiger partial charge < -0.3 is 10.1 Å². The zero-order valence-corrected chi connectivity index (χ0v) is 18.6. The van der Waals surface area contributed by atoms with Crippen LogP contribution in [0.15, 0.2) is 54.6 Å². The lowest BCUT2D eigenvalue weighted by atomic mass is 10.1. The Balaban J connectivity index is 1.56. The predicted molar refractivity (Wildman–Crippen MR) is 121 cm³/mol. The molecule has 1 aromatic heterocycles. The van der Waals surface area contributed by atoms with E-state index in [1.807, 2.05) is 12.1 Å². The molecule has 1 atom stereocenters. The maximum atomic E-state index is 12.5. The Bertz CT molecular complexity index is 1210. The summed E-state index contributed by atoms with van der Waals surface area (Å²) in [5.41, 5.74) is 1.40. The van der Waals surface area contributed by atoms with Crippen LogP contribution in [0.25, 0.3) is 11.3 Å². The van der Waals surface area contributed by atoms with E-state index in [1.165, 1.54) is 0 Å². The third-order valence-corrected chi connectivity index (χ3v) is 7.21. The standard InChI is InChI=1S/C21H19Cl2N3O4S/c22-15-7-5-14(6-8-15)18-11-20(26(25-18)16-9-10-31(28,29)13-16)24-21(27)12-30-19-4-2-1-3-17(19)23/h1-8,11,16H,9-10,12-13H2,(H,24,27)/t16-/m1/s1. The summed E-state index contributed by atoms with van der Waals surface area (Å²) >= 11 is 12.0. The lowest BCUT2D eigenvalue weighted by Gasteiger charge is -2.14. The molecule has 0 aliphatic carbocycles. The van der Waals surface area contributed by atoms with Gasteiger partial charge in [-0.25, -0.2) is 13.1 Å². The van der Waals surface area contributed by atoms with Crippen molar-refractivity contribution >= 4 is 44.8 Å². The molecule has 1 saturated heterocycles. The van der Waals surface area contributed by atoms with Crippen LogP contribution in [0.3, 0.4) is 0 Å². The van der Waals surface area contributed by atoms with E-state index in [9.17, 15) is 13.2 Å². The number of benzene rings is 2. The number of hydrogen-bond donors (Lipinski definition) is 1. The zero-order chi connectivity index (χ0) is 22.0. The van der Waals surface area contributed by atoms with Gasteiger partial charge in [0.2, 0.25) is 0 Å². The van der Waals surface area contributed by atoms with E-state index in [2.05, 4.69) is 10.4 Å². The van der Waals surface area contributed by atoms with Crippen LogP contribution in [-0.4, -0.2) is 42.2 Å². The number of rotatable bonds is 6. The first kappa shape index (κ1) is 21.7. The molecule has 4 rings (SSSR count). The van der Waals surface area contributed by atoms with Gasteiger partial charge in [0.05, 0.1) is 28.3 Å². The van der Waals surface area contributed by atoms with Gasteiger partial charge in [-0.15, -0.1) is 0 Å². The van der Waals surface area contributed by atoms with Crippen molar-refractivity contribution in [1.29, 1.82) is 0 Å². The largest absolute Gasteiger partial charge is 0.482 e. The minimum absolute atomic E-state index is 0.0201. The van der Waals surface area contributed by atoms with Gasteiger partial charge in [-0.3, -0.25) is 4.79 Å². The number of aromatic nitrogens is 2. The Morgan fingerprint density at radius 2 is 1.90 bits per heavy atom. The normalized spacial score (nSPS) is 17.4. The van der Waals surface area contributed by atoms with Crippen molar-refractivity contribution in [3.8, 4) is 17.0 Å². The van der Waals surface area contributed by atoms with Gasteiger partial charge in [0, 0.05) is 16.7 Å². The van der Waals surface area contributed by atoms with E-state index < -0.39 is 15.7 Å². The Morgan fingerprint density at radius 1 is 1.16 bits per heavy atom. The number of hydrogen-bond acceptors (Lipinski definition) is 5. The Labute approximate surface area is 189 Å². The molecule has 0 bridgehead atoms. The molecule has 0 saturated carbocycles. The third-order valence-electron chi connectivity index (χ3n) is 4.89. The second-order valence-corrected chi connectivity index (χ2v) is 10.3. The first-order valence-corrected chi connectivity index (χ1v) is 12.1. The molecule has 0 spiro atoms. The number of sulfone groups is 1. The van der Waals surface area contributed by atoms with Crippen LogP contribution in [0.4, 0.5) is 5.82 Å². The number of para-hydroxylation sites is 1. The fourth-order valence-corrected chi connectivity index (χ4v) is 5.39. The van der Waals surface area contributed by atoms with Gasteiger partial charge in [-0.2, -0.15) is 5.10 Å². The molecule has 2 heterocycles. The first-order chi connectivity index (χ1) is 14.8. The molecule has 3 aromatic rings. The van der Waals surface area contributed by atoms with Gasteiger partial charge in [0.15, 0.2) is 16.4 Å². The van der Waals surface area contributed by atoms with Crippen molar-refractivity contribution in [2.75, 3.05) is 23.4 Å². The van der Waals surface area contributed by atoms with Gasteiger partial charge >= 0.3 is 0 Å². The molecule has 0 unspecified atom stereocenters. The summed E-state index contributed by atoms with van der Waals surface area (Å²) in [4.78, 5) is 12.5. The van der Waals surface area contributed by atoms with Gasteiger partial charge in [-0.05, 0) is 30.7 Å². The van der Waals surface area contributed by atoms with Gasteiger partial charge in [0.1, 0.15) is 11.6 Å². The molecule has 2 aromatic carbocycles. The van der Waals surface area contributed by atoms with Crippen molar-refractivity contribution in [2.45, 2.75) is 12.5 Å². The van der Waals surface area contributed by atoms with Crippen LogP contribution < -0.4 is 10.1 Å². The van der Waals surface area contributed by atoms with Gasteiger partial charge in [0.25, 0.3) is 5.91 Å². The number of anilines is 1. The van der Waals surface area contributed by atoms with Crippen molar-refractivity contribution in [3.05, 3.63) is 64.6 Å². The lowest BCUT2D eigenvalue weighted by molar-refractivity contribution is -0.118. The van der Waals surface area contributed by atoms with Crippen molar-refractivity contribution in [3.63, 3.8) is 0 Å². The number of carbonyl (C=O) groups is 1. The Hall–Kier alpha value is -2.55. The minimum Gasteiger partial charge on any atom is -0.482 e. The topological polar surface area (TPSA) is 90.3 Å². The average molecular weight is 480 g/mol. The molecule has 1 N–H and O–H groups in total. The molecule has 1 fully saturated rings. The summed E-state index contributed by atoms with van der Waals surface area (Å²) in [5, 5.41) is 8.35. The zero-order valence-electron chi connectivity index (χ0n) is 16.3. The molecule has 31 heavy (non-hydrogen) atoms. The van der Waals surface area contributed by atoms with Crippen LogP contribution >= 0.6 is 23.2 Å². The van der Waals surface area contributed by atoms with E-state index in [0.717, 1.165) is 5.56 Å². The summed E-state index contributed by atoms with van der Waals surface area (Å²) in [6.07, 6.45) is 0.434. The molecule has 0 radical (unpaired) electrons. The molecule has 162 valence electrons. The Kier molecular flexibility index (Phi) is 6.22. The molecule has 1 aliphatic rings. The summed E-state index contributed by atoms with van der Waals surface area (Å²) in [7, 11) is -3.13. The van der Waals surface area contributed by atoms with Crippen LogP contribution in [0.5, 0.6) is 5.75 Å². The second-order valence-electron chi connectivity index (χ2n) is 7.19. The molecule has 1 amide bonds. The second kappa shape index (κ2) is 8.90. The van der Waals surface area contributed by atoms with E-state index in [4.69, 9.17) is 27.9 Å². The highest BCUT2D eigenvalue weighted by molar-refractivity contribution is 7.91. The average Bonchev–Trinajstić information content (AvgIpc) is 3.30. The summed E-state index contributed by atoms with van der Waals surface area (Å²) in [5.74, 6) is 0.464. The maximum absolute atomic E-state index is 12.5. The van der Waals surface area contributed by atoms with Crippen LogP contribution in [-0.2, 0) is 14.6 Å². The minimum atomic E-state index is -3.13. The highest BCUT2D eigenvalue weighted by Gasteiger charge is 2.31. The SMILES string of the molecule is O=C(COc1ccccc1Cl)Nc1cc(-c2ccc(Cl)cc2)nn1[C@@H]1CCS(=O)(=O)C1. The summed E-state index contributed by atoms with van der Waals surface area (Å²) in [6, 6.07) is 15.3. The maximum Gasteiger partial charge on any atom is 0.263 e. The van der Waals surface area contributed by atoms with Crippen molar-refractivity contribution in [1.82, 2.24) is 9.78 Å². The van der Waals surface area contributed by atoms with Crippen molar-refractivity contribution < 1.29 is 17.9 Å². The van der Waals surface area contributed by atoms with E-state index in [1.54, 1.807) is 47.1 Å². The quantitative estimate of drug-likeness (QED) is 0.570. The Morgan fingerprint density at radius 3 is 2.58 bits per heavy atom. The third kappa shape index (κ3) is 5.20. The number of nitrogens with zero attached hydrogens (tertiary/aromatic N) is 2. The van der Waals surface area contributed by atoms with Crippen LogP contribution in [0.2, 0.25) is 10.0 Å². The molecule has 10 heteroatoms. The molecule has 7 nitrogen and oxygen atoms in total. The number of ether oxygens (including phenoxy) is 1. The summed E-state index contributed by atoms with van der Waals surface area (Å²) < 4.78 is 31.0. The smallest absolute Gasteiger partial charge is 0.263 e. The fraction of sp³-hybridized carbons (Fsp3) is 0.238. The van der Waals surface area contributed by atoms with E-state index in [-0.39, 0.29) is 24.2 Å². The van der Waals surface area contributed by atoms with E-state index >= 15 is 0 Å². The number of nitrogens with one attached hydrogen (secondary N) is 1. The number of amides is 1. The highest BCUT2D eigenvalue weighted by atomic mass is 35.5. The van der Waals surface area contributed by atoms with Crippen LogP contribution in [0, 0.1) is 0 Å². The molecule has 1 aliphatic heterocycles. The highest BCUT2D eigenvalue weighted by Crippen LogP contribution is 2.31. The lowest BCUT2D eigenvalue weighted by Crippen LogP contribution is -2.23. The van der Waals surface area contributed by atoms with Crippen LogP contribution in [0.1, 0.15) is 12.5 Å². The molecular weight excluding hydrogens is 461 g/mol. The number of halogens is 2. The fourth-order valence-electron chi connectivity index (χ4n) is 3.38. The van der Waals surface area contributed by atoms with Gasteiger partial charge in [-0.1, -0.05) is 47.5 Å².